The zero-order valence-electron chi connectivity index (χ0n) is 22.1. The maximum Gasteiger partial charge on any atom is 0.318 e. The Hall–Kier alpha value is -1.94. The molecule has 0 unspecified atom stereocenters. The van der Waals surface area contributed by atoms with E-state index in [9.17, 15) is 16.8 Å². The van der Waals surface area contributed by atoms with Crippen molar-refractivity contribution in [2.75, 3.05) is 30.4 Å². The number of hydrogen-bond acceptors (Lipinski definition) is 6. The molecule has 0 aliphatic rings. The molecule has 7 nitrogen and oxygen atoms in total. The first kappa shape index (κ1) is 30.3. The molecule has 2 rings (SSSR count). The van der Waals surface area contributed by atoms with Crippen LogP contribution in [0.5, 0.6) is 0 Å². The maximum atomic E-state index is 12.7. The third-order valence-corrected chi connectivity index (χ3v) is 8.32. The molecule has 0 bridgehead atoms. The van der Waals surface area contributed by atoms with Gasteiger partial charge in [-0.1, -0.05) is 69.4 Å². The van der Waals surface area contributed by atoms with Crippen LogP contribution >= 0.6 is 0 Å². The SMILES string of the molecule is CCCCCCCN(CC)CCCCc1ccc(N(OS(=O)(=O)c2ccc(C)cc2)S(C)(=O)=O)cc1. The van der Waals surface area contributed by atoms with Gasteiger partial charge in [0.15, 0.2) is 0 Å². The van der Waals surface area contributed by atoms with Crippen molar-refractivity contribution in [1.29, 1.82) is 0 Å². The van der Waals surface area contributed by atoms with Crippen LogP contribution in [0.4, 0.5) is 5.69 Å². The van der Waals surface area contributed by atoms with Crippen molar-refractivity contribution >= 4 is 25.8 Å². The lowest BCUT2D eigenvalue weighted by atomic mass is 10.1. The van der Waals surface area contributed by atoms with Crippen molar-refractivity contribution < 1.29 is 21.1 Å². The molecule has 9 heteroatoms. The summed E-state index contributed by atoms with van der Waals surface area (Å²) in [5.74, 6) is 0. The largest absolute Gasteiger partial charge is 0.318 e. The Morgan fingerprint density at radius 2 is 1.33 bits per heavy atom. The molecule has 0 fully saturated rings. The minimum atomic E-state index is -4.32. The van der Waals surface area contributed by atoms with E-state index in [1.54, 1.807) is 24.3 Å². The van der Waals surface area contributed by atoms with Gasteiger partial charge in [-0.3, -0.25) is 0 Å². The Bertz CT molecular complexity index is 1120. The van der Waals surface area contributed by atoms with Gasteiger partial charge in [0, 0.05) is 0 Å². The Balaban J connectivity index is 1.92. The number of nitrogens with zero attached hydrogens (tertiary/aromatic N) is 2. The second-order valence-corrected chi connectivity index (χ2v) is 12.6. The molecule has 0 heterocycles. The Morgan fingerprint density at radius 1 is 0.750 bits per heavy atom. The Morgan fingerprint density at radius 3 is 1.89 bits per heavy atom. The van der Waals surface area contributed by atoms with Crippen LogP contribution in [0, 0.1) is 6.92 Å². The zero-order valence-corrected chi connectivity index (χ0v) is 23.8. The minimum absolute atomic E-state index is 0.111. The van der Waals surface area contributed by atoms with Gasteiger partial charge in [0.25, 0.3) is 10.0 Å². The average Bonchev–Trinajstić information content (AvgIpc) is 2.84. The Labute approximate surface area is 218 Å². The lowest BCUT2D eigenvalue weighted by Crippen LogP contribution is -2.32. The van der Waals surface area contributed by atoms with E-state index in [0.29, 0.717) is 4.47 Å². The second-order valence-electron chi connectivity index (χ2n) is 9.30. The van der Waals surface area contributed by atoms with Gasteiger partial charge >= 0.3 is 10.1 Å². The molecule has 36 heavy (non-hydrogen) atoms. The normalized spacial score (nSPS) is 12.2. The molecular formula is C27H42N2O5S2. The quantitative estimate of drug-likeness (QED) is 0.190. The van der Waals surface area contributed by atoms with Crippen molar-refractivity contribution in [2.45, 2.75) is 77.0 Å². The Kier molecular flexibility index (Phi) is 12.4. The van der Waals surface area contributed by atoms with E-state index in [2.05, 4.69) is 18.7 Å². The van der Waals surface area contributed by atoms with Crippen molar-refractivity contribution in [1.82, 2.24) is 4.90 Å². The van der Waals surface area contributed by atoms with Gasteiger partial charge in [-0.2, -0.15) is 8.42 Å². The lowest BCUT2D eigenvalue weighted by molar-refractivity contribution is 0.275. The van der Waals surface area contributed by atoms with Gasteiger partial charge in [-0.05, 0) is 82.1 Å². The van der Waals surface area contributed by atoms with Crippen molar-refractivity contribution in [3.63, 3.8) is 0 Å². The van der Waals surface area contributed by atoms with Crippen LogP contribution in [0.25, 0.3) is 0 Å². The highest BCUT2D eigenvalue weighted by atomic mass is 32.2. The van der Waals surface area contributed by atoms with E-state index in [4.69, 9.17) is 4.28 Å². The molecule has 0 saturated carbocycles. The first-order chi connectivity index (χ1) is 17.1. The van der Waals surface area contributed by atoms with E-state index in [0.717, 1.165) is 56.3 Å². The fourth-order valence-corrected chi connectivity index (χ4v) is 5.95. The first-order valence-corrected chi connectivity index (χ1v) is 16.2. The minimum Gasteiger partial charge on any atom is -0.304 e. The number of hydrogen-bond donors (Lipinski definition) is 0. The molecule has 0 atom stereocenters. The monoisotopic (exact) mass is 538 g/mol. The summed E-state index contributed by atoms with van der Waals surface area (Å²) in [5, 5.41) is 0. The zero-order chi connectivity index (χ0) is 26.6. The number of benzene rings is 2. The summed E-state index contributed by atoms with van der Waals surface area (Å²) in [5.41, 5.74) is 2.09. The van der Waals surface area contributed by atoms with E-state index < -0.39 is 20.1 Å². The summed E-state index contributed by atoms with van der Waals surface area (Å²) >= 11 is 0. The van der Waals surface area contributed by atoms with Gasteiger partial charge < -0.3 is 4.90 Å². The smallest absolute Gasteiger partial charge is 0.304 e. The standard InChI is InChI=1S/C27H42N2O5S2/c1-5-7-8-9-11-22-28(6-2)23-12-10-13-25-16-18-26(19-17-25)29(35(4,30)31)34-36(32,33)27-20-14-24(3)15-21-27/h14-21H,5-13,22-23H2,1-4H3. The predicted molar refractivity (Wildman–Crippen MR) is 147 cm³/mol. The molecule has 0 aliphatic heterocycles. The molecule has 0 saturated heterocycles. The van der Waals surface area contributed by atoms with Crippen LogP contribution in [0.1, 0.15) is 69.9 Å². The molecule has 0 amide bonds. The van der Waals surface area contributed by atoms with Crippen LogP contribution in [-0.4, -0.2) is 47.6 Å². The summed E-state index contributed by atoms with van der Waals surface area (Å²) in [7, 11) is -8.32. The van der Waals surface area contributed by atoms with E-state index in [-0.39, 0.29) is 10.6 Å². The number of aryl methyl sites for hydroxylation is 2. The average molecular weight is 539 g/mol. The number of sulfonamides is 1. The van der Waals surface area contributed by atoms with Crippen LogP contribution in [-0.2, 0) is 30.8 Å². The van der Waals surface area contributed by atoms with Gasteiger partial charge in [0.05, 0.1) is 16.8 Å². The number of rotatable bonds is 17. The van der Waals surface area contributed by atoms with Crippen LogP contribution in [0.15, 0.2) is 53.4 Å². The van der Waals surface area contributed by atoms with Gasteiger partial charge in [0.1, 0.15) is 0 Å². The predicted octanol–water partition coefficient (Wildman–Crippen LogP) is 5.70. The molecule has 202 valence electrons. The lowest BCUT2D eigenvalue weighted by Gasteiger charge is -2.21. The van der Waals surface area contributed by atoms with E-state index in [1.807, 2.05) is 19.1 Å². The van der Waals surface area contributed by atoms with Crippen LogP contribution < -0.4 is 4.47 Å². The van der Waals surface area contributed by atoms with Gasteiger partial charge in [0.2, 0.25) is 0 Å². The highest BCUT2D eigenvalue weighted by Gasteiger charge is 2.27. The fraction of sp³-hybridized carbons (Fsp3) is 0.556. The molecule has 0 aromatic heterocycles. The van der Waals surface area contributed by atoms with Crippen LogP contribution in [0.2, 0.25) is 0 Å². The first-order valence-electron chi connectivity index (χ1n) is 12.9. The van der Waals surface area contributed by atoms with Gasteiger partial charge in [-0.15, -0.1) is 8.75 Å². The third kappa shape index (κ3) is 10.2. The van der Waals surface area contributed by atoms with Crippen molar-refractivity contribution in [2.24, 2.45) is 0 Å². The van der Waals surface area contributed by atoms with Gasteiger partial charge in [-0.25, -0.2) is 8.42 Å². The molecule has 0 spiro atoms. The number of anilines is 1. The second kappa shape index (κ2) is 14.7. The van der Waals surface area contributed by atoms with Crippen molar-refractivity contribution in [3.05, 3.63) is 59.7 Å². The fourth-order valence-electron chi connectivity index (χ4n) is 3.94. The summed E-state index contributed by atoms with van der Waals surface area (Å²) in [6.45, 7) is 9.57. The summed E-state index contributed by atoms with van der Waals surface area (Å²) in [6.07, 6.45) is 10.4. The topological polar surface area (TPSA) is 84.0 Å². The van der Waals surface area contributed by atoms with Crippen molar-refractivity contribution in [3.8, 4) is 0 Å². The molecule has 0 aliphatic carbocycles. The molecule has 0 radical (unpaired) electrons. The highest BCUT2D eigenvalue weighted by Crippen LogP contribution is 2.24. The summed E-state index contributed by atoms with van der Waals surface area (Å²) in [6, 6.07) is 12.8. The number of unbranched alkanes of at least 4 members (excludes halogenated alkanes) is 5. The summed E-state index contributed by atoms with van der Waals surface area (Å²) < 4.78 is 55.6. The molecular weight excluding hydrogens is 496 g/mol. The summed E-state index contributed by atoms with van der Waals surface area (Å²) in [4.78, 5) is 2.39. The molecule has 2 aromatic rings. The third-order valence-electron chi connectivity index (χ3n) is 6.14. The van der Waals surface area contributed by atoms with Crippen LogP contribution in [0.3, 0.4) is 0 Å². The van der Waals surface area contributed by atoms with E-state index in [1.165, 1.54) is 44.2 Å². The molecule has 2 aromatic carbocycles. The molecule has 0 N–H and O–H groups in total. The maximum absolute atomic E-state index is 12.7. The van der Waals surface area contributed by atoms with E-state index >= 15 is 0 Å². The highest BCUT2D eigenvalue weighted by molar-refractivity contribution is 7.93.